The van der Waals surface area contributed by atoms with E-state index in [1.54, 1.807) is 6.92 Å². The Morgan fingerprint density at radius 2 is 2.41 bits per heavy atom. The highest BCUT2D eigenvalue weighted by Gasteiger charge is 2.31. The first kappa shape index (κ1) is 13.1. The van der Waals surface area contributed by atoms with Crippen molar-refractivity contribution in [1.82, 2.24) is 4.90 Å². The van der Waals surface area contributed by atoms with E-state index in [9.17, 15) is 9.90 Å². The average molecular weight is 318 g/mol. The summed E-state index contributed by atoms with van der Waals surface area (Å²) in [5.74, 6) is 0.0393. The van der Waals surface area contributed by atoms with Gasteiger partial charge in [-0.1, -0.05) is 0 Å². The molecule has 0 bridgehead atoms. The molecule has 2 atom stereocenters. The van der Waals surface area contributed by atoms with Gasteiger partial charge in [0.05, 0.1) is 12.1 Å². The van der Waals surface area contributed by atoms with Crippen LogP contribution in [0.4, 0.5) is 0 Å². The quantitative estimate of drug-likeness (QED) is 0.911. The van der Waals surface area contributed by atoms with E-state index >= 15 is 0 Å². The molecule has 1 N–H and O–H groups in total. The molecule has 0 saturated carbocycles. The van der Waals surface area contributed by atoms with Crippen LogP contribution < -0.4 is 0 Å². The van der Waals surface area contributed by atoms with Gasteiger partial charge < -0.3 is 10.0 Å². The number of halogens is 1. The van der Waals surface area contributed by atoms with Gasteiger partial charge in [0.2, 0.25) is 0 Å². The van der Waals surface area contributed by atoms with Crippen LogP contribution in [0.5, 0.6) is 0 Å². The number of hydrogen-bond donors (Lipinski definition) is 1. The lowest BCUT2D eigenvalue weighted by Gasteiger charge is -2.37. The molecule has 1 aromatic rings. The van der Waals surface area contributed by atoms with Gasteiger partial charge in [0, 0.05) is 11.0 Å². The molecule has 1 amide bonds. The molecule has 94 valence electrons. The number of hydrogen-bond acceptors (Lipinski definition) is 3. The fraction of sp³-hybridized carbons (Fsp3) is 0.583. The molecule has 17 heavy (non-hydrogen) atoms. The molecule has 1 aliphatic heterocycles. The van der Waals surface area contributed by atoms with Crippen molar-refractivity contribution in [3.8, 4) is 0 Å². The number of carbonyl (C=O) groups excluding carboxylic acids is 1. The Hall–Kier alpha value is -0.390. The van der Waals surface area contributed by atoms with Gasteiger partial charge in [-0.25, -0.2) is 0 Å². The van der Waals surface area contributed by atoms with E-state index < -0.39 is 6.10 Å². The Labute approximate surface area is 114 Å². The topological polar surface area (TPSA) is 40.5 Å². The first-order valence-corrected chi connectivity index (χ1v) is 7.50. The van der Waals surface area contributed by atoms with Crippen LogP contribution in [0.3, 0.4) is 0 Å². The van der Waals surface area contributed by atoms with Gasteiger partial charge >= 0.3 is 0 Å². The molecule has 0 spiro atoms. The minimum absolute atomic E-state index is 0.0368. The molecule has 1 fully saturated rings. The van der Waals surface area contributed by atoms with Crippen molar-refractivity contribution in [2.75, 3.05) is 6.54 Å². The van der Waals surface area contributed by atoms with Gasteiger partial charge in [0.1, 0.15) is 4.88 Å². The van der Waals surface area contributed by atoms with Crippen molar-refractivity contribution < 1.29 is 9.90 Å². The molecule has 0 aromatic carbocycles. The maximum absolute atomic E-state index is 12.4. The third-order valence-corrected chi connectivity index (χ3v) is 5.00. The van der Waals surface area contributed by atoms with E-state index in [0.29, 0.717) is 0 Å². The summed E-state index contributed by atoms with van der Waals surface area (Å²) in [7, 11) is 0. The third-order valence-electron chi connectivity index (χ3n) is 3.18. The van der Waals surface area contributed by atoms with Crippen molar-refractivity contribution in [2.45, 2.75) is 38.3 Å². The van der Waals surface area contributed by atoms with Crippen LogP contribution >= 0.6 is 27.3 Å². The lowest BCUT2D eigenvalue weighted by molar-refractivity contribution is 0.0284. The van der Waals surface area contributed by atoms with E-state index in [1.165, 1.54) is 11.3 Å². The summed E-state index contributed by atoms with van der Waals surface area (Å²) in [4.78, 5) is 14.9. The van der Waals surface area contributed by atoms with Gasteiger partial charge in [-0.05, 0) is 53.6 Å². The van der Waals surface area contributed by atoms with E-state index in [4.69, 9.17) is 0 Å². The first-order valence-electron chi connectivity index (χ1n) is 5.83. The van der Waals surface area contributed by atoms with E-state index in [0.717, 1.165) is 35.2 Å². The molecule has 0 unspecified atom stereocenters. The maximum atomic E-state index is 12.4. The Kier molecular flexibility index (Phi) is 4.22. The summed E-state index contributed by atoms with van der Waals surface area (Å²) in [5, 5.41) is 11.7. The second-order valence-corrected chi connectivity index (χ2v) is 6.17. The van der Waals surface area contributed by atoms with E-state index in [-0.39, 0.29) is 11.9 Å². The fourth-order valence-corrected chi connectivity index (χ4v) is 3.78. The second kappa shape index (κ2) is 5.50. The monoisotopic (exact) mass is 317 g/mol. The molecule has 3 nitrogen and oxygen atoms in total. The highest BCUT2D eigenvalue weighted by atomic mass is 79.9. The normalized spacial score (nSPS) is 22.5. The number of thiophene rings is 1. The highest BCUT2D eigenvalue weighted by molar-refractivity contribution is 9.10. The first-order chi connectivity index (χ1) is 8.11. The number of piperidine rings is 1. The van der Waals surface area contributed by atoms with Crippen LogP contribution in [-0.2, 0) is 0 Å². The Morgan fingerprint density at radius 1 is 1.65 bits per heavy atom. The van der Waals surface area contributed by atoms with Crippen molar-refractivity contribution >= 4 is 33.2 Å². The molecule has 0 radical (unpaired) electrons. The molecule has 2 rings (SSSR count). The van der Waals surface area contributed by atoms with Gasteiger partial charge in [0.25, 0.3) is 5.91 Å². The van der Waals surface area contributed by atoms with Crippen molar-refractivity contribution in [1.29, 1.82) is 0 Å². The summed E-state index contributed by atoms with van der Waals surface area (Å²) < 4.78 is 0.849. The van der Waals surface area contributed by atoms with Crippen molar-refractivity contribution in [2.24, 2.45) is 0 Å². The lowest BCUT2D eigenvalue weighted by atomic mass is 9.98. The Bertz CT molecular complexity index is 405. The molecule has 0 aliphatic carbocycles. The Morgan fingerprint density at radius 3 is 3.00 bits per heavy atom. The van der Waals surface area contributed by atoms with E-state index in [1.807, 2.05) is 16.3 Å². The summed E-state index contributed by atoms with van der Waals surface area (Å²) in [6.07, 6.45) is 2.55. The third kappa shape index (κ3) is 2.72. The highest BCUT2D eigenvalue weighted by Crippen LogP contribution is 2.28. The van der Waals surface area contributed by atoms with Crippen LogP contribution in [0, 0.1) is 0 Å². The fourth-order valence-electron chi connectivity index (χ4n) is 2.29. The number of rotatable bonds is 2. The van der Waals surface area contributed by atoms with E-state index in [2.05, 4.69) is 15.9 Å². The zero-order chi connectivity index (χ0) is 12.4. The van der Waals surface area contributed by atoms with Gasteiger partial charge in [-0.15, -0.1) is 11.3 Å². The van der Waals surface area contributed by atoms with Crippen LogP contribution in [0.1, 0.15) is 35.9 Å². The van der Waals surface area contributed by atoms with Gasteiger partial charge in [-0.3, -0.25) is 4.79 Å². The van der Waals surface area contributed by atoms with Crippen molar-refractivity contribution in [3.63, 3.8) is 0 Å². The SMILES string of the molecule is C[C@H](O)[C@H]1CCCCN1C(=O)c1sccc1Br. The van der Waals surface area contributed by atoms with Crippen LogP contribution in [0.2, 0.25) is 0 Å². The molecular formula is C12H16BrNO2S. The Balaban J connectivity index is 2.20. The summed E-state index contributed by atoms with van der Waals surface area (Å²) >= 11 is 4.84. The summed E-state index contributed by atoms with van der Waals surface area (Å²) in [5.41, 5.74) is 0. The minimum atomic E-state index is -0.460. The zero-order valence-corrected chi connectivity index (χ0v) is 12.1. The number of likely N-dealkylation sites (tertiary alicyclic amines) is 1. The largest absolute Gasteiger partial charge is 0.391 e. The number of aliphatic hydroxyl groups excluding tert-OH is 1. The second-order valence-electron chi connectivity index (χ2n) is 4.40. The summed E-state index contributed by atoms with van der Waals surface area (Å²) in [6.45, 7) is 2.51. The van der Waals surface area contributed by atoms with Crippen LogP contribution in [0.25, 0.3) is 0 Å². The molecule has 1 aliphatic rings. The standard InChI is InChI=1S/C12H16BrNO2S/c1-8(15)10-4-2-3-6-14(10)12(16)11-9(13)5-7-17-11/h5,7-8,10,15H,2-4,6H2,1H3/t8-,10+/m0/s1. The number of carbonyl (C=O) groups is 1. The number of amides is 1. The number of aliphatic hydroxyl groups is 1. The predicted molar refractivity (Wildman–Crippen MR) is 72.4 cm³/mol. The molecule has 1 aromatic heterocycles. The van der Waals surface area contributed by atoms with Crippen LogP contribution in [0.15, 0.2) is 15.9 Å². The maximum Gasteiger partial charge on any atom is 0.265 e. The smallest absolute Gasteiger partial charge is 0.265 e. The molecule has 5 heteroatoms. The van der Waals surface area contributed by atoms with Crippen LogP contribution in [-0.4, -0.2) is 34.6 Å². The van der Waals surface area contributed by atoms with Crippen molar-refractivity contribution in [3.05, 3.63) is 20.8 Å². The minimum Gasteiger partial charge on any atom is -0.391 e. The average Bonchev–Trinajstić information content (AvgIpc) is 2.74. The molecule has 1 saturated heterocycles. The summed E-state index contributed by atoms with van der Waals surface area (Å²) in [6, 6.07) is 1.85. The molecule has 2 heterocycles. The lowest BCUT2D eigenvalue weighted by Crippen LogP contribution is -2.48. The number of nitrogens with zero attached hydrogens (tertiary/aromatic N) is 1. The molecular weight excluding hydrogens is 302 g/mol. The van der Waals surface area contributed by atoms with Gasteiger partial charge in [-0.2, -0.15) is 0 Å². The van der Waals surface area contributed by atoms with Gasteiger partial charge in [0.15, 0.2) is 0 Å². The zero-order valence-electron chi connectivity index (χ0n) is 9.73. The predicted octanol–water partition coefficient (Wildman–Crippen LogP) is 2.89.